The molecule has 0 aliphatic carbocycles. The highest BCUT2D eigenvalue weighted by Gasteiger charge is 2.51. The number of nitrogens with zero attached hydrogens (tertiary/aromatic N) is 2. The molecule has 0 bridgehead atoms. The summed E-state index contributed by atoms with van der Waals surface area (Å²) in [6.45, 7) is 20.2. The smallest absolute Gasteiger partial charge is 0.311 e. The van der Waals surface area contributed by atoms with Gasteiger partial charge in [0.15, 0.2) is 12.6 Å². The van der Waals surface area contributed by atoms with Gasteiger partial charge in [0.05, 0.1) is 59.8 Å². The van der Waals surface area contributed by atoms with E-state index in [4.69, 9.17) is 28.4 Å². The van der Waals surface area contributed by atoms with E-state index < -0.39 is 84.3 Å². The van der Waals surface area contributed by atoms with E-state index in [1.54, 1.807) is 34.6 Å². The number of ether oxygens (including phenoxy) is 6. The van der Waals surface area contributed by atoms with Gasteiger partial charge in [0.2, 0.25) is 0 Å². The number of rotatable bonds is 20. The first-order chi connectivity index (χ1) is 24.4. The van der Waals surface area contributed by atoms with Crippen molar-refractivity contribution in [1.82, 2.24) is 9.80 Å². The lowest BCUT2D eigenvalue weighted by Gasteiger charge is -2.49. The van der Waals surface area contributed by atoms with Crippen molar-refractivity contribution < 1.29 is 58.7 Å². The van der Waals surface area contributed by atoms with Crippen LogP contribution in [0, 0.1) is 17.8 Å². The first-order valence-electron chi connectivity index (χ1n) is 19.6. The summed E-state index contributed by atoms with van der Waals surface area (Å²) in [5.41, 5.74) is -2.58. The first kappa shape index (κ1) is 48.1. The highest BCUT2D eigenvalue weighted by Crippen LogP contribution is 2.39. The molecule has 0 amide bonds. The van der Waals surface area contributed by atoms with Crippen LogP contribution in [-0.2, 0) is 33.2 Å². The summed E-state index contributed by atoms with van der Waals surface area (Å²) in [5, 5.41) is 55.5. The molecule has 0 radical (unpaired) electrons. The average Bonchev–Trinajstić information content (AvgIpc) is 3.07. The molecule has 18 atom stereocenters. The van der Waals surface area contributed by atoms with E-state index in [2.05, 4.69) is 0 Å². The molecular formula is C39H76N2O12. The maximum Gasteiger partial charge on any atom is 0.311 e. The molecule has 314 valence electrons. The Kier molecular flexibility index (Phi) is 18.5. The van der Waals surface area contributed by atoms with E-state index in [9.17, 15) is 30.3 Å². The maximum absolute atomic E-state index is 13.7. The zero-order valence-electron chi connectivity index (χ0n) is 35.3. The fourth-order valence-electron chi connectivity index (χ4n) is 7.89. The molecule has 2 saturated heterocycles. The van der Waals surface area contributed by atoms with Crippen LogP contribution < -0.4 is 0 Å². The third kappa shape index (κ3) is 12.7. The third-order valence-electron chi connectivity index (χ3n) is 11.8. The second-order valence-electron chi connectivity index (χ2n) is 17.0. The molecular weight excluding hydrogens is 688 g/mol. The van der Waals surface area contributed by atoms with Gasteiger partial charge in [-0.3, -0.25) is 4.79 Å². The summed E-state index contributed by atoms with van der Waals surface area (Å²) >= 11 is 0. The van der Waals surface area contributed by atoms with E-state index in [1.807, 2.05) is 72.5 Å². The van der Waals surface area contributed by atoms with E-state index in [1.165, 1.54) is 7.11 Å². The second-order valence-corrected chi connectivity index (χ2v) is 17.0. The molecule has 2 heterocycles. The largest absolute Gasteiger partial charge is 0.462 e. The lowest BCUT2D eigenvalue weighted by atomic mass is 9.78. The molecule has 14 heteroatoms. The van der Waals surface area contributed by atoms with E-state index in [0.717, 1.165) is 0 Å². The molecule has 53 heavy (non-hydrogen) atoms. The van der Waals surface area contributed by atoms with Gasteiger partial charge in [0.1, 0.15) is 12.2 Å². The van der Waals surface area contributed by atoms with Crippen molar-refractivity contribution in [3.05, 3.63) is 0 Å². The van der Waals surface area contributed by atoms with Crippen molar-refractivity contribution in [3.8, 4) is 0 Å². The fourth-order valence-corrected chi connectivity index (χ4v) is 7.89. The number of methoxy groups -OCH3 is 1. The molecule has 0 spiro atoms. The predicted molar refractivity (Wildman–Crippen MR) is 201 cm³/mol. The van der Waals surface area contributed by atoms with Gasteiger partial charge in [-0.2, -0.15) is 0 Å². The number of carbonyl (C=O) groups is 1. The van der Waals surface area contributed by atoms with Crippen LogP contribution in [0.1, 0.15) is 102 Å². The molecule has 0 saturated carbocycles. The van der Waals surface area contributed by atoms with Gasteiger partial charge in [-0.1, -0.05) is 20.8 Å². The first-order valence-corrected chi connectivity index (χ1v) is 19.6. The van der Waals surface area contributed by atoms with Crippen molar-refractivity contribution in [3.63, 3.8) is 0 Å². The Labute approximate surface area is 319 Å². The zero-order chi connectivity index (χ0) is 40.7. The van der Waals surface area contributed by atoms with Crippen LogP contribution >= 0.6 is 0 Å². The van der Waals surface area contributed by atoms with Gasteiger partial charge < -0.3 is 63.8 Å². The van der Waals surface area contributed by atoms with Gasteiger partial charge in [0.25, 0.3) is 0 Å². The Morgan fingerprint density at radius 1 is 1.02 bits per heavy atom. The van der Waals surface area contributed by atoms with Crippen molar-refractivity contribution >= 4 is 5.97 Å². The van der Waals surface area contributed by atoms with Crippen LogP contribution in [0.3, 0.4) is 0 Å². The van der Waals surface area contributed by atoms with E-state index >= 15 is 0 Å². The number of likely N-dealkylation sites (N-methyl/N-ethyl adjacent to an activating group) is 1. The van der Waals surface area contributed by atoms with E-state index in [-0.39, 0.29) is 43.1 Å². The standard InChI is InChI=1S/C39H76N2O12/c1-16-23(4)49-36(46)26(7)33(52-30-19-39(11,48-15)34(45)28(9)51-30)25(6)35(53-37-32(44)29(40(12)13)17-24(5)50-37)38(10,47)18-22(3)41(14)20-21(2)31(43)27(8)42/h21-35,37,42-45,47H,16-20H2,1-15H3/t21?,22?,23-,24?,25?,26?,27?,28?,29?,30?,31?,32?,33?,34?,35?,37?,38?,39?/m0/s1. The minimum atomic E-state index is -1.59. The highest BCUT2D eigenvalue weighted by molar-refractivity contribution is 5.73. The van der Waals surface area contributed by atoms with Gasteiger partial charge in [-0.15, -0.1) is 0 Å². The number of aliphatic hydroxyl groups is 5. The Balaban J connectivity index is 2.61. The fraction of sp³-hybridized carbons (Fsp3) is 0.974. The Morgan fingerprint density at radius 2 is 1.62 bits per heavy atom. The van der Waals surface area contributed by atoms with Gasteiger partial charge in [-0.25, -0.2) is 0 Å². The van der Waals surface area contributed by atoms with Crippen molar-refractivity contribution in [2.45, 2.75) is 193 Å². The molecule has 17 unspecified atom stereocenters. The van der Waals surface area contributed by atoms with Crippen LogP contribution in [0.2, 0.25) is 0 Å². The highest BCUT2D eigenvalue weighted by atomic mass is 16.7. The molecule has 2 fully saturated rings. The SMILES string of the molecule is CC[C@H](C)OC(=O)C(C)C(OC1CC(C)(OC)C(O)C(C)O1)C(C)C(OC1OC(C)CC(N(C)C)C1O)C(C)(O)CC(C)N(C)CC(C)C(O)C(C)O. The number of hydrogen-bond acceptors (Lipinski definition) is 14. The summed E-state index contributed by atoms with van der Waals surface area (Å²) in [6, 6.07) is -0.514. The number of hydrogen-bond donors (Lipinski definition) is 5. The topological polar surface area (TPSA) is 180 Å². The van der Waals surface area contributed by atoms with Crippen LogP contribution in [0.4, 0.5) is 0 Å². The number of esters is 1. The molecule has 2 rings (SSSR count). The lowest BCUT2D eigenvalue weighted by molar-refractivity contribution is -0.317. The summed E-state index contributed by atoms with van der Waals surface area (Å²) < 4.78 is 37.3. The van der Waals surface area contributed by atoms with Gasteiger partial charge in [0, 0.05) is 38.1 Å². The lowest BCUT2D eigenvalue weighted by Crippen LogP contribution is -2.61. The average molecular weight is 765 g/mol. The molecule has 0 aromatic carbocycles. The van der Waals surface area contributed by atoms with Gasteiger partial charge >= 0.3 is 5.97 Å². The maximum atomic E-state index is 13.7. The molecule has 14 nitrogen and oxygen atoms in total. The Morgan fingerprint density at radius 3 is 2.15 bits per heavy atom. The van der Waals surface area contributed by atoms with Crippen LogP contribution in [0.25, 0.3) is 0 Å². The third-order valence-corrected chi connectivity index (χ3v) is 11.8. The normalized spacial score (nSPS) is 34.7. The molecule has 5 N–H and O–H groups in total. The predicted octanol–water partition coefficient (Wildman–Crippen LogP) is 2.54. The minimum Gasteiger partial charge on any atom is -0.462 e. The summed E-state index contributed by atoms with van der Waals surface area (Å²) in [7, 11) is 7.19. The Hall–Kier alpha value is -1.01. The van der Waals surface area contributed by atoms with Crippen molar-refractivity contribution in [1.29, 1.82) is 0 Å². The van der Waals surface area contributed by atoms with Crippen molar-refractivity contribution in [2.24, 2.45) is 17.8 Å². The minimum absolute atomic E-state index is 0.165. The van der Waals surface area contributed by atoms with Crippen LogP contribution in [0.15, 0.2) is 0 Å². The zero-order valence-corrected chi connectivity index (χ0v) is 35.3. The quantitative estimate of drug-likeness (QED) is 0.114. The molecule has 0 aromatic heterocycles. The summed E-state index contributed by atoms with van der Waals surface area (Å²) in [5.74, 6) is -2.31. The summed E-state index contributed by atoms with van der Waals surface area (Å²) in [4.78, 5) is 17.7. The molecule has 2 aliphatic heterocycles. The second kappa shape index (κ2) is 20.4. The Bertz CT molecular complexity index is 1100. The van der Waals surface area contributed by atoms with Crippen molar-refractivity contribution in [2.75, 3.05) is 34.8 Å². The number of carbonyl (C=O) groups excluding carboxylic acids is 1. The summed E-state index contributed by atoms with van der Waals surface area (Å²) in [6.07, 6.45) is -7.47. The van der Waals surface area contributed by atoms with Gasteiger partial charge in [-0.05, 0) is 102 Å². The van der Waals surface area contributed by atoms with Crippen LogP contribution in [0.5, 0.6) is 0 Å². The molecule has 2 aliphatic rings. The molecule has 0 aromatic rings. The number of aliphatic hydroxyl groups excluding tert-OH is 4. The monoisotopic (exact) mass is 765 g/mol. The van der Waals surface area contributed by atoms with Crippen LogP contribution in [-0.4, -0.2) is 167 Å². The van der Waals surface area contributed by atoms with E-state index in [0.29, 0.717) is 19.4 Å².